The molecular weight excluding hydrogens is 221 g/mol. The summed E-state index contributed by atoms with van der Waals surface area (Å²) in [4.78, 5) is 13.2. The van der Waals surface area contributed by atoms with Crippen LogP contribution < -0.4 is 0 Å². The van der Waals surface area contributed by atoms with E-state index in [1.807, 2.05) is 0 Å². The average Bonchev–Trinajstić information content (AvgIpc) is 2.48. The molecule has 0 saturated heterocycles. The fourth-order valence-corrected chi connectivity index (χ4v) is 1.72. The van der Waals surface area contributed by atoms with Gasteiger partial charge in [0.1, 0.15) is 5.82 Å². The topological polar surface area (TPSA) is 53.1 Å². The lowest BCUT2D eigenvalue weighted by atomic mass is 10.1. The minimum Gasteiger partial charge on any atom is -0.481 e. The molecule has 2 N–H and O–H groups in total. The van der Waals surface area contributed by atoms with E-state index in [2.05, 4.69) is 4.98 Å². The van der Waals surface area contributed by atoms with E-state index in [-0.39, 0.29) is 17.0 Å². The van der Waals surface area contributed by atoms with Crippen LogP contribution in [0.2, 0.25) is 5.02 Å². The number of hydrogen-bond acceptors (Lipinski definition) is 1. The highest BCUT2D eigenvalue weighted by Gasteiger charge is 2.11. The molecule has 78 valence electrons. The standard InChI is InChI=1S/C10H7ClFNO2/c11-6-2-7-5(1-9(14)15)4-13-10(7)8(12)3-6/h2-4,13H,1H2,(H,14,15). The van der Waals surface area contributed by atoms with Crippen molar-refractivity contribution in [2.75, 3.05) is 0 Å². The minimum absolute atomic E-state index is 0.153. The summed E-state index contributed by atoms with van der Waals surface area (Å²) in [6.45, 7) is 0. The number of rotatable bonds is 2. The minimum atomic E-state index is -0.962. The largest absolute Gasteiger partial charge is 0.481 e. The van der Waals surface area contributed by atoms with E-state index in [9.17, 15) is 9.18 Å². The smallest absolute Gasteiger partial charge is 0.307 e. The van der Waals surface area contributed by atoms with Crippen LogP contribution in [-0.2, 0) is 11.2 Å². The molecular formula is C10H7ClFNO2. The van der Waals surface area contributed by atoms with E-state index >= 15 is 0 Å². The van der Waals surface area contributed by atoms with Gasteiger partial charge in [0, 0.05) is 16.6 Å². The lowest BCUT2D eigenvalue weighted by molar-refractivity contribution is -0.136. The number of H-pyrrole nitrogens is 1. The Balaban J connectivity index is 2.63. The van der Waals surface area contributed by atoms with Gasteiger partial charge in [-0.15, -0.1) is 0 Å². The van der Waals surface area contributed by atoms with Crippen molar-refractivity contribution in [3.8, 4) is 0 Å². The van der Waals surface area contributed by atoms with Crippen molar-refractivity contribution in [2.45, 2.75) is 6.42 Å². The van der Waals surface area contributed by atoms with Crippen molar-refractivity contribution in [3.05, 3.63) is 34.7 Å². The summed E-state index contributed by atoms with van der Waals surface area (Å²) < 4.78 is 13.3. The first-order valence-electron chi connectivity index (χ1n) is 4.24. The Morgan fingerprint density at radius 3 is 2.93 bits per heavy atom. The van der Waals surface area contributed by atoms with Crippen molar-refractivity contribution < 1.29 is 14.3 Å². The van der Waals surface area contributed by atoms with Crippen molar-refractivity contribution in [1.82, 2.24) is 4.98 Å². The predicted molar refractivity (Wildman–Crippen MR) is 54.6 cm³/mol. The maximum absolute atomic E-state index is 13.3. The molecule has 15 heavy (non-hydrogen) atoms. The lowest BCUT2D eigenvalue weighted by Gasteiger charge is -1.97. The molecule has 0 atom stereocenters. The highest BCUT2D eigenvalue weighted by molar-refractivity contribution is 6.31. The molecule has 0 radical (unpaired) electrons. The first-order valence-corrected chi connectivity index (χ1v) is 4.62. The second-order valence-corrected chi connectivity index (χ2v) is 3.63. The van der Waals surface area contributed by atoms with Crippen LogP contribution in [0.15, 0.2) is 18.3 Å². The van der Waals surface area contributed by atoms with Crippen LogP contribution in [0, 0.1) is 5.82 Å². The van der Waals surface area contributed by atoms with Gasteiger partial charge >= 0.3 is 5.97 Å². The first-order chi connectivity index (χ1) is 7.08. The van der Waals surface area contributed by atoms with Crippen LogP contribution in [0.5, 0.6) is 0 Å². The number of fused-ring (bicyclic) bond motifs is 1. The summed E-state index contributed by atoms with van der Waals surface area (Å²) in [5, 5.41) is 9.41. The van der Waals surface area contributed by atoms with Gasteiger partial charge in [-0.05, 0) is 17.7 Å². The highest BCUT2D eigenvalue weighted by atomic mass is 35.5. The number of carbonyl (C=O) groups is 1. The maximum atomic E-state index is 13.3. The van der Waals surface area contributed by atoms with Gasteiger partial charge in [0.25, 0.3) is 0 Å². The van der Waals surface area contributed by atoms with E-state index in [0.29, 0.717) is 10.9 Å². The first kappa shape index (κ1) is 9.98. The SMILES string of the molecule is O=C(O)Cc1c[nH]c2c(F)cc(Cl)cc12. The van der Waals surface area contributed by atoms with Crippen LogP contribution >= 0.6 is 11.6 Å². The molecule has 2 aromatic rings. The molecule has 1 heterocycles. The number of nitrogens with one attached hydrogen (secondary N) is 1. The van der Waals surface area contributed by atoms with E-state index in [1.54, 1.807) is 6.07 Å². The normalized spacial score (nSPS) is 10.8. The van der Waals surface area contributed by atoms with Crippen LogP contribution in [0.25, 0.3) is 10.9 Å². The third kappa shape index (κ3) is 1.80. The molecule has 0 aliphatic carbocycles. The Morgan fingerprint density at radius 2 is 2.27 bits per heavy atom. The summed E-state index contributed by atoms with van der Waals surface area (Å²) in [5.41, 5.74) is 0.814. The molecule has 1 aromatic heterocycles. The van der Waals surface area contributed by atoms with Crippen molar-refractivity contribution in [3.63, 3.8) is 0 Å². The fourth-order valence-electron chi connectivity index (χ4n) is 1.52. The van der Waals surface area contributed by atoms with E-state index in [1.165, 1.54) is 12.3 Å². The lowest BCUT2D eigenvalue weighted by Crippen LogP contribution is -1.98. The summed E-state index contributed by atoms with van der Waals surface area (Å²) in [5.74, 6) is -1.44. The van der Waals surface area contributed by atoms with Crippen LogP contribution in [0.3, 0.4) is 0 Å². The van der Waals surface area contributed by atoms with Gasteiger partial charge in [-0.3, -0.25) is 4.79 Å². The fraction of sp³-hybridized carbons (Fsp3) is 0.100. The zero-order chi connectivity index (χ0) is 11.0. The number of hydrogen-bond donors (Lipinski definition) is 2. The van der Waals surface area contributed by atoms with Crippen molar-refractivity contribution in [1.29, 1.82) is 0 Å². The van der Waals surface area contributed by atoms with E-state index < -0.39 is 11.8 Å². The van der Waals surface area contributed by atoms with Gasteiger partial charge in [-0.25, -0.2) is 4.39 Å². The van der Waals surface area contributed by atoms with E-state index in [0.717, 1.165) is 0 Å². The molecule has 0 saturated carbocycles. The molecule has 0 bridgehead atoms. The number of halogens is 2. The average molecular weight is 228 g/mol. The quantitative estimate of drug-likeness (QED) is 0.829. The zero-order valence-electron chi connectivity index (χ0n) is 7.55. The molecule has 0 amide bonds. The molecule has 0 aliphatic rings. The van der Waals surface area contributed by atoms with Crippen molar-refractivity contribution in [2.24, 2.45) is 0 Å². The third-order valence-electron chi connectivity index (χ3n) is 2.13. The monoisotopic (exact) mass is 227 g/mol. The Morgan fingerprint density at radius 1 is 1.53 bits per heavy atom. The Kier molecular flexibility index (Phi) is 2.36. The molecule has 0 unspecified atom stereocenters. The number of carboxylic acids is 1. The predicted octanol–water partition coefficient (Wildman–Crippen LogP) is 2.59. The molecule has 0 fully saturated rings. The number of aliphatic carboxylic acids is 1. The Hall–Kier alpha value is -1.55. The van der Waals surface area contributed by atoms with Crippen molar-refractivity contribution >= 4 is 28.5 Å². The van der Waals surface area contributed by atoms with Crippen LogP contribution in [0.1, 0.15) is 5.56 Å². The number of aromatic nitrogens is 1. The number of carboxylic acid groups (broad SMARTS) is 1. The second kappa shape index (κ2) is 3.55. The molecule has 1 aromatic carbocycles. The van der Waals surface area contributed by atoms with Gasteiger partial charge in [-0.2, -0.15) is 0 Å². The zero-order valence-corrected chi connectivity index (χ0v) is 8.31. The van der Waals surface area contributed by atoms with Crippen LogP contribution in [0.4, 0.5) is 4.39 Å². The number of aromatic amines is 1. The Labute approximate surface area is 89.5 Å². The van der Waals surface area contributed by atoms with Gasteiger partial charge in [-0.1, -0.05) is 11.6 Å². The third-order valence-corrected chi connectivity index (χ3v) is 2.35. The molecule has 2 rings (SSSR count). The molecule has 0 spiro atoms. The Bertz CT molecular complexity index is 535. The number of benzene rings is 1. The second-order valence-electron chi connectivity index (χ2n) is 3.19. The van der Waals surface area contributed by atoms with Gasteiger partial charge < -0.3 is 10.1 Å². The summed E-state index contributed by atoms with van der Waals surface area (Å²) >= 11 is 5.69. The molecule has 5 heteroatoms. The molecule has 0 aliphatic heterocycles. The highest BCUT2D eigenvalue weighted by Crippen LogP contribution is 2.25. The van der Waals surface area contributed by atoms with E-state index in [4.69, 9.17) is 16.7 Å². The van der Waals surface area contributed by atoms with Gasteiger partial charge in [0.05, 0.1) is 11.9 Å². The maximum Gasteiger partial charge on any atom is 0.307 e. The van der Waals surface area contributed by atoms with Gasteiger partial charge in [0.2, 0.25) is 0 Å². The van der Waals surface area contributed by atoms with Crippen LogP contribution in [-0.4, -0.2) is 16.1 Å². The summed E-state index contributed by atoms with van der Waals surface area (Å²) in [6, 6.07) is 2.74. The molecule has 3 nitrogen and oxygen atoms in total. The van der Waals surface area contributed by atoms with Gasteiger partial charge in [0.15, 0.2) is 0 Å². The summed E-state index contributed by atoms with van der Waals surface area (Å²) in [6.07, 6.45) is 1.33. The summed E-state index contributed by atoms with van der Waals surface area (Å²) in [7, 11) is 0.